The standard InChI is InChI=1S/C12H19NS/c1-9(7-10(2)14)13-12-5-3-11(8-12)4-6-12/h11H,3-8H2,1-2H3. The van der Waals surface area contributed by atoms with Crippen LogP contribution in [0.15, 0.2) is 4.99 Å². The molecule has 2 heteroatoms. The zero-order chi connectivity index (χ0) is 10.2. The molecule has 0 amide bonds. The van der Waals surface area contributed by atoms with Gasteiger partial charge < -0.3 is 0 Å². The van der Waals surface area contributed by atoms with Gasteiger partial charge in [0.2, 0.25) is 0 Å². The Morgan fingerprint density at radius 2 is 2.00 bits per heavy atom. The van der Waals surface area contributed by atoms with Crippen molar-refractivity contribution in [3.8, 4) is 0 Å². The van der Waals surface area contributed by atoms with E-state index in [4.69, 9.17) is 17.2 Å². The molecule has 14 heavy (non-hydrogen) atoms. The van der Waals surface area contributed by atoms with E-state index in [1.807, 2.05) is 6.92 Å². The first-order valence-corrected chi connectivity index (χ1v) is 6.05. The summed E-state index contributed by atoms with van der Waals surface area (Å²) in [6.45, 7) is 4.15. The van der Waals surface area contributed by atoms with Gasteiger partial charge in [0, 0.05) is 12.1 Å². The minimum Gasteiger partial charge on any atom is -0.287 e. The summed E-state index contributed by atoms with van der Waals surface area (Å²) in [6.07, 6.45) is 7.74. The minimum atomic E-state index is 0.347. The Balaban J connectivity index is 2.04. The van der Waals surface area contributed by atoms with Crippen LogP contribution in [0.2, 0.25) is 0 Å². The fraction of sp³-hybridized carbons (Fsp3) is 0.833. The predicted molar refractivity (Wildman–Crippen MR) is 65.3 cm³/mol. The molecule has 0 aromatic carbocycles. The largest absolute Gasteiger partial charge is 0.287 e. The van der Waals surface area contributed by atoms with Crippen LogP contribution in [0.5, 0.6) is 0 Å². The van der Waals surface area contributed by atoms with Gasteiger partial charge in [0.25, 0.3) is 0 Å². The highest BCUT2D eigenvalue weighted by molar-refractivity contribution is 7.80. The quantitative estimate of drug-likeness (QED) is 0.511. The van der Waals surface area contributed by atoms with Crippen molar-refractivity contribution in [3.05, 3.63) is 0 Å². The summed E-state index contributed by atoms with van der Waals surface area (Å²) in [6, 6.07) is 0. The number of thiocarbonyl (C=S) groups is 1. The van der Waals surface area contributed by atoms with Crippen molar-refractivity contribution in [2.24, 2.45) is 10.9 Å². The van der Waals surface area contributed by atoms with E-state index in [2.05, 4.69) is 6.92 Å². The summed E-state index contributed by atoms with van der Waals surface area (Å²) in [7, 11) is 0. The zero-order valence-electron chi connectivity index (χ0n) is 9.18. The lowest BCUT2D eigenvalue weighted by Crippen LogP contribution is -2.21. The number of hydrogen-bond acceptors (Lipinski definition) is 2. The summed E-state index contributed by atoms with van der Waals surface area (Å²) in [5, 5.41) is 0. The molecule has 0 heterocycles. The van der Waals surface area contributed by atoms with E-state index in [1.54, 1.807) is 0 Å². The van der Waals surface area contributed by atoms with Crippen molar-refractivity contribution < 1.29 is 0 Å². The zero-order valence-corrected chi connectivity index (χ0v) is 9.99. The van der Waals surface area contributed by atoms with E-state index in [0.717, 1.165) is 17.2 Å². The molecule has 2 fully saturated rings. The van der Waals surface area contributed by atoms with Gasteiger partial charge in [0.15, 0.2) is 0 Å². The van der Waals surface area contributed by atoms with Gasteiger partial charge in [-0.2, -0.15) is 0 Å². The van der Waals surface area contributed by atoms with Crippen LogP contribution in [-0.4, -0.2) is 16.1 Å². The second-order valence-electron chi connectivity index (χ2n) is 5.10. The smallest absolute Gasteiger partial charge is 0.0610 e. The Hall–Kier alpha value is -0.240. The van der Waals surface area contributed by atoms with Crippen molar-refractivity contribution in [2.45, 2.75) is 57.9 Å². The third-order valence-corrected chi connectivity index (χ3v) is 3.78. The number of aliphatic imine (C=N–C) groups is 1. The van der Waals surface area contributed by atoms with Gasteiger partial charge in [-0.15, -0.1) is 0 Å². The summed E-state index contributed by atoms with van der Waals surface area (Å²) < 4.78 is 0. The van der Waals surface area contributed by atoms with E-state index in [0.29, 0.717) is 5.54 Å². The molecular weight excluding hydrogens is 190 g/mol. The molecule has 0 aromatic heterocycles. The summed E-state index contributed by atoms with van der Waals surface area (Å²) in [5.74, 6) is 0.986. The monoisotopic (exact) mass is 209 g/mol. The van der Waals surface area contributed by atoms with Gasteiger partial charge >= 0.3 is 0 Å². The molecule has 0 saturated heterocycles. The third kappa shape index (κ3) is 2.05. The number of nitrogens with zero attached hydrogens (tertiary/aromatic N) is 1. The molecule has 2 aliphatic carbocycles. The van der Waals surface area contributed by atoms with Crippen LogP contribution in [0.3, 0.4) is 0 Å². The Kier molecular flexibility index (Phi) is 2.74. The van der Waals surface area contributed by atoms with Gasteiger partial charge in [-0.05, 0) is 56.7 Å². The lowest BCUT2D eigenvalue weighted by molar-refractivity contribution is 0.421. The highest BCUT2D eigenvalue weighted by Gasteiger charge is 2.44. The Morgan fingerprint density at radius 1 is 1.36 bits per heavy atom. The molecule has 2 saturated carbocycles. The van der Waals surface area contributed by atoms with E-state index in [1.165, 1.54) is 37.8 Å². The van der Waals surface area contributed by atoms with Crippen LogP contribution < -0.4 is 0 Å². The fourth-order valence-corrected chi connectivity index (χ4v) is 3.33. The van der Waals surface area contributed by atoms with E-state index >= 15 is 0 Å². The molecular formula is C12H19NS. The molecule has 2 bridgehead atoms. The van der Waals surface area contributed by atoms with E-state index in [9.17, 15) is 0 Å². The van der Waals surface area contributed by atoms with Gasteiger partial charge in [0.1, 0.15) is 0 Å². The summed E-state index contributed by atoms with van der Waals surface area (Å²) >= 11 is 5.11. The normalized spacial score (nSPS) is 36.4. The average molecular weight is 209 g/mol. The highest BCUT2D eigenvalue weighted by atomic mass is 32.1. The molecule has 0 aromatic rings. The molecule has 1 nitrogen and oxygen atoms in total. The first-order chi connectivity index (χ1) is 6.60. The second kappa shape index (κ2) is 3.73. The second-order valence-corrected chi connectivity index (χ2v) is 5.79. The Labute approximate surface area is 92.0 Å². The molecule has 0 spiro atoms. The van der Waals surface area contributed by atoms with E-state index in [-0.39, 0.29) is 0 Å². The van der Waals surface area contributed by atoms with E-state index < -0.39 is 0 Å². The maximum atomic E-state index is 5.11. The molecule has 0 radical (unpaired) electrons. The summed E-state index contributed by atoms with van der Waals surface area (Å²) in [4.78, 5) is 6.00. The van der Waals surface area contributed by atoms with Crippen LogP contribution in [0.25, 0.3) is 0 Å². The van der Waals surface area contributed by atoms with Crippen molar-refractivity contribution >= 4 is 22.8 Å². The Morgan fingerprint density at radius 3 is 2.43 bits per heavy atom. The number of rotatable bonds is 3. The van der Waals surface area contributed by atoms with Crippen LogP contribution in [-0.2, 0) is 0 Å². The molecule has 78 valence electrons. The molecule has 0 aliphatic heterocycles. The maximum absolute atomic E-state index is 5.11. The lowest BCUT2D eigenvalue weighted by Gasteiger charge is -2.22. The van der Waals surface area contributed by atoms with Crippen LogP contribution in [0.1, 0.15) is 52.4 Å². The van der Waals surface area contributed by atoms with Gasteiger partial charge in [-0.1, -0.05) is 12.2 Å². The van der Waals surface area contributed by atoms with Crippen molar-refractivity contribution in [3.63, 3.8) is 0 Å². The maximum Gasteiger partial charge on any atom is 0.0610 e. The lowest BCUT2D eigenvalue weighted by atomic mass is 9.94. The van der Waals surface area contributed by atoms with Gasteiger partial charge in [-0.25, -0.2) is 0 Å². The van der Waals surface area contributed by atoms with Crippen LogP contribution in [0, 0.1) is 5.92 Å². The molecule has 0 N–H and O–H groups in total. The number of hydrogen-bond donors (Lipinski definition) is 0. The van der Waals surface area contributed by atoms with Crippen molar-refractivity contribution in [1.29, 1.82) is 0 Å². The SMILES string of the molecule is CC(=S)CC(C)=NC12CCC(CC1)C2. The molecule has 2 rings (SSSR count). The van der Waals surface area contributed by atoms with Crippen molar-refractivity contribution in [2.75, 3.05) is 0 Å². The number of fused-ring (bicyclic) bond motifs is 2. The van der Waals surface area contributed by atoms with Crippen molar-refractivity contribution in [1.82, 2.24) is 0 Å². The average Bonchev–Trinajstić information content (AvgIpc) is 2.60. The Bertz CT molecular complexity index is 272. The molecule has 0 unspecified atom stereocenters. The highest BCUT2D eigenvalue weighted by Crippen LogP contribution is 2.50. The predicted octanol–water partition coefficient (Wildman–Crippen LogP) is 3.56. The topological polar surface area (TPSA) is 12.4 Å². The van der Waals surface area contributed by atoms with Gasteiger partial charge in [0.05, 0.1) is 5.54 Å². The molecule has 2 aliphatic rings. The first-order valence-electron chi connectivity index (χ1n) is 5.64. The fourth-order valence-electron chi connectivity index (χ4n) is 3.12. The van der Waals surface area contributed by atoms with Crippen LogP contribution >= 0.6 is 12.2 Å². The summed E-state index contributed by atoms with van der Waals surface area (Å²) in [5.41, 5.74) is 1.60. The first kappa shape index (κ1) is 10.3. The van der Waals surface area contributed by atoms with Crippen LogP contribution in [0.4, 0.5) is 0 Å². The minimum absolute atomic E-state index is 0.347. The van der Waals surface area contributed by atoms with Gasteiger partial charge in [-0.3, -0.25) is 4.99 Å². The molecule has 0 atom stereocenters. The third-order valence-electron chi connectivity index (χ3n) is 3.64.